The summed E-state index contributed by atoms with van der Waals surface area (Å²) in [6.45, 7) is 0.394. The number of benzene rings is 1. The minimum atomic E-state index is -0.116. The molecule has 0 unspecified atom stereocenters. The van der Waals surface area contributed by atoms with Crippen LogP contribution in [-0.2, 0) is 6.61 Å². The Morgan fingerprint density at radius 3 is 2.67 bits per heavy atom. The van der Waals surface area contributed by atoms with Gasteiger partial charge in [0.15, 0.2) is 0 Å². The number of aromatic nitrogens is 2. The number of ether oxygens (including phenoxy) is 2. The Bertz CT molecular complexity index is 599. The van der Waals surface area contributed by atoms with E-state index in [1.807, 2.05) is 24.3 Å². The van der Waals surface area contributed by atoms with E-state index in [0.717, 1.165) is 34.6 Å². The first kappa shape index (κ1) is 15.6. The van der Waals surface area contributed by atoms with Gasteiger partial charge in [-0.15, -0.1) is 0 Å². The summed E-state index contributed by atoms with van der Waals surface area (Å²) in [5.74, 6) is 0.801. The molecule has 0 fully saturated rings. The molecule has 0 aliphatic heterocycles. The van der Waals surface area contributed by atoms with Gasteiger partial charge in [0.2, 0.25) is 5.16 Å². The first-order valence-electron chi connectivity index (χ1n) is 6.07. The summed E-state index contributed by atoms with van der Waals surface area (Å²) >= 11 is 2.11. The number of amides is 1. The van der Waals surface area contributed by atoms with Gasteiger partial charge in [0.25, 0.3) is 10.4 Å². The van der Waals surface area contributed by atoms with E-state index in [-0.39, 0.29) is 5.24 Å². The second-order valence-electron chi connectivity index (χ2n) is 4.24. The summed E-state index contributed by atoms with van der Waals surface area (Å²) in [4.78, 5) is 17.2. The maximum atomic E-state index is 11.5. The molecule has 0 atom stereocenters. The van der Waals surface area contributed by atoms with Gasteiger partial charge in [-0.1, -0.05) is 12.1 Å². The summed E-state index contributed by atoms with van der Waals surface area (Å²) in [5, 5.41) is 0.734. The van der Waals surface area contributed by atoms with Crippen LogP contribution >= 0.6 is 23.3 Å². The zero-order chi connectivity index (χ0) is 15.2. The Morgan fingerprint density at radius 1 is 1.33 bits per heavy atom. The van der Waals surface area contributed by atoms with Crippen molar-refractivity contribution in [2.24, 2.45) is 0 Å². The summed E-state index contributed by atoms with van der Waals surface area (Å²) in [5.41, 5.74) is 1.00. The van der Waals surface area contributed by atoms with E-state index in [1.165, 1.54) is 4.90 Å². The third-order valence-electron chi connectivity index (χ3n) is 2.45. The Morgan fingerprint density at radius 2 is 2.05 bits per heavy atom. The number of carbonyl (C=O) groups is 1. The monoisotopic (exact) mass is 325 g/mol. The van der Waals surface area contributed by atoms with Crippen LogP contribution in [-0.4, -0.2) is 40.7 Å². The van der Waals surface area contributed by atoms with Gasteiger partial charge in [-0.2, -0.15) is 9.36 Å². The number of nitrogens with zero attached hydrogens (tertiary/aromatic N) is 3. The highest BCUT2D eigenvalue weighted by Gasteiger charge is 2.12. The van der Waals surface area contributed by atoms with Crippen molar-refractivity contribution < 1.29 is 14.3 Å². The number of methoxy groups -OCH3 is 1. The lowest BCUT2D eigenvalue weighted by atomic mass is 10.2. The molecule has 0 N–H and O–H groups in total. The Hall–Kier alpha value is -1.80. The molecule has 0 spiro atoms. The topological polar surface area (TPSA) is 64.6 Å². The van der Waals surface area contributed by atoms with Crippen molar-refractivity contribution in [1.29, 1.82) is 0 Å². The van der Waals surface area contributed by atoms with E-state index in [0.29, 0.717) is 17.0 Å². The predicted octanol–water partition coefficient (Wildman–Crippen LogP) is 2.90. The quantitative estimate of drug-likeness (QED) is 0.788. The molecule has 0 saturated heterocycles. The third kappa shape index (κ3) is 4.61. The van der Waals surface area contributed by atoms with E-state index < -0.39 is 0 Å². The molecule has 21 heavy (non-hydrogen) atoms. The largest absolute Gasteiger partial charge is 0.497 e. The van der Waals surface area contributed by atoms with Crippen molar-refractivity contribution in [3.8, 4) is 10.9 Å². The number of carbonyl (C=O) groups excluding carboxylic acids is 1. The van der Waals surface area contributed by atoms with E-state index in [2.05, 4.69) is 9.36 Å². The van der Waals surface area contributed by atoms with E-state index >= 15 is 0 Å². The minimum Gasteiger partial charge on any atom is -0.497 e. The van der Waals surface area contributed by atoms with Gasteiger partial charge in [-0.3, -0.25) is 4.79 Å². The first-order valence-corrected chi connectivity index (χ1v) is 7.66. The van der Waals surface area contributed by atoms with Crippen LogP contribution in [0.5, 0.6) is 10.9 Å². The second kappa shape index (κ2) is 7.28. The Kier molecular flexibility index (Phi) is 5.40. The van der Waals surface area contributed by atoms with Crippen molar-refractivity contribution in [2.75, 3.05) is 21.2 Å². The van der Waals surface area contributed by atoms with Gasteiger partial charge < -0.3 is 14.4 Å². The molecule has 6 nitrogen and oxygen atoms in total. The molecule has 2 rings (SSSR count). The third-order valence-corrected chi connectivity index (χ3v) is 4.10. The molecular weight excluding hydrogens is 310 g/mol. The van der Waals surface area contributed by atoms with Gasteiger partial charge in [-0.25, -0.2) is 0 Å². The summed E-state index contributed by atoms with van der Waals surface area (Å²) < 4.78 is 14.7. The van der Waals surface area contributed by atoms with Crippen molar-refractivity contribution in [3.05, 3.63) is 29.8 Å². The Balaban J connectivity index is 1.88. The summed E-state index contributed by atoms with van der Waals surface area (Å²) in [6.07, 6.45) is 0. The standard InChI is InChI=1S/C13H15N3O3S2/c1-16(2)13(17)20-11-14-12(21-15-11)19-8-9-4-6-10(18-3)7-5-9/h4-7H,8H2,1-3H3. The maximum absolute atomic E-state index is 11.5. The first-order chi connectivity index (χ1) is 10.1. The van der Waals surface area contributed by atoms with E-state index in [1.54, 1.807) is 21.2 Å². The number of thioether (sulfide) groups is 1. The average molecular weight is 325 g/mol. The lowest BCUT2D eigenvalue weighted by Crippen LogP contribution is -2.16. The number of rotatable bonds is 5. The molecule has 1 amide bonds. The summed E-state index contributed by atoms with van der Waals surface area (Å²) in [6, 6.07) is 7.59. The maximum Gasteiger partial charge on any atom is 0.294 e. The van der Waals surface area contributed by atoms with Crippen LogP contribution in [0, 0.1) is 0 Å². The molecule has 1 heterocycles. The molecule has 112 valence electrons. The number of hydrogen-bond donors (Lipinski definition) is 0. The molecule has 0 radical (unpaired) electrons. The second-order valence-corrected chi connectivity index (χ2v) is 5.87. The average Bonchev–Trinajstić information content (AvgIpc) is 2.93. The van der Waals surface area contributed by atoms with Gasteiger partial charge in [0.1, 0.15) is 12.4 Å². The van der Waals surface area contributed by atoms with Crippen LogP contribution in [0.2, 0.25) is 0 Å². The van der Waals surface area contributed by atoms with Crippen molar-refractivity contribution in [1.82, 2.24) is 14.3 Å². The van der Waals surface area contributed by atoms with Gasteiger partial charge in [0.05, 0.1) is 7.11 Å². The minimum absolute atomic E-state index is 0.116. The lowest BCUT2D eigenvalue weighted by Gasteiger charge is -2.06. The van der Waals surface area contributed by atoms with Crippen LogP contribution in [0.3, 0.4) is 0 Å². The molecule has 0 saturated carbocycles. The molecule has 2 aromatic rings. The summed E-state index contributed by atoms with van der Waals surface area (Å²) in [7, 11) is 4.99. The van der Waals surface area contributed by atoms with Crippen LogP contribution in [0.15, 0.2) is 29.4 Å². The molecule has 0 bridgehead atoms. The fourth-order valence-electron chi connectivity index (χ4n) is 1.33. The van der Waals surface area contributed by atoms with Gasteiger partial charge in [0, 0.05) is 37.4 Å². The molecule has 8 heteroatoms. The van der Waals surface area contributed by atoms with Crippen LogP contribution < -0.4 is 9.47 Å². The van der Waals surface area contributed by atoms with Crippen molar-refractivity contribution >= 4 is 28.5 Å². The van der Waals surface area contributed by atoms with E-state index in [9.17, 15) is 4.79 Å². The fourth-order valence-corrected chi connectivity index (χ4v) is 2.56. The highest BCUT2D eigenvalue weighted by Crippen LogP contribution is 2.24. The van der Waals surface area contributed by atoms with Crippen LogP contribution in [0.1, 0.15) is 5.56 Å². The van der Waals surface area contributed by atoms with Crippen molar-refractivity contribution in [2.45, 2.75) is 11.8 Å². The SMILES string of the molecule is COc1ccc(COc2nc(SC(=O)N(C)C)ns2)cc1. The lowest BCUT2D eigenvalue weighted by molar-refractivity contribution is 0.241. The fraction of sp³-hybridized carbons (Fsp3) is 0.308. The molecule has 1 aromatic carbocycles. The molecular formula is C13H15N3O3S2. The van der Waals surface area contributed by atoms with Crippen LogP contribution in [0.4, 0.5) is 4.79 Å². The smallest absolute Gasteiger partial charge is 0.294 e. The normalized spacial score (nSPS) is 10.2. The van der Waals surface area contributed by atoms with Gasteiger partial charge in [-0.05, 0) is 17.7 Å². The Labute approximate surface area is 131 Å². The number of hydrogen-bond acceptors (Lipinski definition) is 7. The molecule has 0 aliphatic rings. The van der Waals surface area contributed by atoms with Crippen molar-refractivity contribution in [3.63, 3.8) is 0 Å². The highest BCUT2D eigenvalue weighted by atomic mass is 32.2. The molecule has 1 aromatic heterocycles. The zero-order valence-corrected chi connectivity index (χ0v) is 13.5. The van der Waals surface area contributed by atoms with Crippen LogP contribution in [0.25, 0.3) is 0 Å². The van der Waals surface area contributed by atoms with E-state index in [4.69, 9.17) is 9.47 Å². The predicted molar refractivity (Wildman–Crippen MR) is 82.2 cm³/mol. The zero-order valence-electron chi connectivity index (χ0n) is 11.9. The molecule has 0 aliphatic carbocycles. The van der Waals surface area contributed by atoms with Gasteiger partial charge >= 0.3 is 0 Å². The highest BCUT2D eigenvalue weighted by molar-refractivity contribution is 8.13.